The maximum absolute atomic E-state index is 10.7. The number of aliphatic hydroxyl groups is 1. The highest BCUT2D eigenvalue weighted by atomic mass is 16.3. The van der Waals surface area contributed by atoms with Crippen molar-refractivity contribution in [1.82, 2.24) is 4.90 Å². The normalized spacial score (nSPS) is 29.5. The van der Waals surface area contributed by atoms with Crippen LogP contribution in [0.2, 0.25) is 0 Å². The first-order valence-corrected chi connectivity index (χ1v) is 8.39. The molecule has 3 nitrogen and oxygen atoms in total. The van der Waals surface area contributed by atoms with Crippen LogP contribution in [-0.4, -0.2) is 29.0 Å². The number of hydrogen-bond donors (Lipinski definition) is 1. The summed E-state index contributed by atoms with van der Waals surface area (Å²) in [5, 5.41) is 10.7. The number of rotatable bonds is 3. The molecule has 3 unspecified atom stereocenters. The molecular weight excluding hydrogens is 260 g/mol. The fourth-order valence-corrected chi connectivity index (χ4v) is 4.44. The Labute approximate surface area is 126 Å². The molecule has 0 saturated heterocycles. The highest BCUT2D eigenvalue weighted by molar-refractivity contribution is 5.63. The lowest BCUT2D eigenvalue weighted by molar-refractivity contribution is 0.0573. The topological polar surface area (TPSA) is 35.8 Å². The molecule has 1 aromatic carbocycles. The Kier molecular flexibility index (Phi) is 3.46. The molecule has 0 amide bonds. The van der Waals surface area contributed by atoms with E-state index in [0.29, 0.717) is 18.0 Å². The van der Waals surface area contributed by atoms with Crippen LogP contribution in [0, 0.1) is 5.92 Å². The summed E-state index contributed by atoms with van der Waals surface area (Å²) in [7, 11) is 0. The van der Waals surface area contributed by atoms with Crippen molar-refractivity contribution in [2.24, 2.45) is 10.9 Å². The standard InChI is InChI=1S/C18H24N2O/c21-18(13-6-2-1-3-7-13)10-16-14-8-4-5-9-15(14)17-11-19-12-20(16)17/h4-5,8-9,12-13,16-18,21H,1-3,6-7,10-11H2. The molecule has 2 aliphatic heterocycles. The Morgan fingerprint density at radius 3 is 2.71 bits per heavy atom. The van der Waals surface area contributed by atoms with Crippen molar-refractivity contribution in [2.75, 3.05) is 6.54 Å². The van der Waals surface area contributed by atoms with Crippen molar-refractivity contribution >= 4 is 6.34 Å². The van der Waals surface area contributed by atoms with Crippen LogP contribution in [0.3, 0.4) is 0 Å². The third-order valence-electron chi connectivity index (χ3n) is 5.59. The zero-order chi connectivity index (χ0) is 14.2. The van der Waals surface area contributed by atoms with E-state index in [9.17, 15) is 5.11 Å². The van der Waals surface area contributed by atoms with Gasteiger partial charge in [-0.05, 0) is 36.3 Å². The second-order valence-electron chi connectivity index (χ2n) is 6.79. The van der Waals surface area contributed by atoms with E-state index in [1.807, 2.05) is 6.34 Å². The summed E-state index contributed by atoms with van der Waals surface area (Å²) in [5.74, 6) is 0.504. The van der Waals surface area contributed by atoms with Crippen LogP contribution in [-0.2, 0) is 0 Å². The zero-order valence-electron chi connectivity index (χ0n) is 12.5. The minimum Gasteiger partial charge on any atom is -0.393 e. The summed E-state index contributed by atoms with van der Waals surface area (Å²) in [6.07, 6.45) is 9.01. The van der Waals surface area contributed by atoms with Gasteiger partial charge in [-0.25, -0.2) is 0 Å². The monoisotopic (exact) mass is 284 g/mol. The van der Waals surface area contributed by atoms with Crippen LogP contribution in [0.1, 0.15) is 61.7 Å². The van der Waals surface area contributed by atoms with Crippen molar-refractivity contribution in [3.05, 3.63) is 35.4 Å². The van der Waals surface area contributed by atoms with E-state index in [2.05, 4.69) is 34.2 Å². The SMILES string of the molecule is OC(CC1c2ccccc2C2CN=CN21)C1CCCCC1. The number of benzene rings is 1. The summed E-state index contributed by atoms with van der Waals surface area (Å²) in [5.41, 5.74) is 2.82. The predicted octanol–water partition coefficient (Wildman–Crippen LogP) is 3.46. The molecule has 21 heavy (non-hydrogen) atoms. The molecular formula is C18H24N2O. The van der Waals surface area contributed by atoms with Gasteiger partial charge in [0.15, 0.2) is 0 Å². The lowest BCUT2D eigenvalue weighted by atomic mass is 9.82. The van der Waals surface area contributed by atoms with Crippen LogP contribution in [0.25, 0.3) is 0 Å². The average Bonchev–Trinajstić information content (AvgIpc) is 3.11. The smallest absolute Gasteiger partial charge is 0.0861 e. The molecule has 112 valence electrons. The van der Waals surface area contributed by atoms with Crippen LogP contribution in [0.5, 0.6) is 0 Å². The van der Waals surface area contributed by atoms with Gasteiger partial charge in [0, 0.05) is 0 Å². The number of nitrogens with zero attached hydrogens (tertiary/aromatic N) is 2. The molecule has 1 N–H and O–H groups in total. The van der Waals surface area contributed by atoms with Gasteiger partial charge in [0.2, 0.25) is 0 Å². The van der Waals surface area contributed by atoms with E-state index in [1.165, 1.54) is 43.2 Å². The minimum atomic E-state index is -0.170. The maximum Gasteiger partial charge on any atom is 0.0861 e. The fourth-order valence-electron chi connectivity index (χ4n) is 4.44. The van der Waals surface area contributed by atoms with E-state index in [4.69, 9.17) is 0 Å². The zero-order valence-corrected chi connectivity index (χ0v) is 12.5. The van der Waals surface area contributed by atoms with Crippen molar-refractivity contribution in [2.45, 2.75) is 56.7 Å². The Morgan fingerprint density at radius 2 is 1.90 bits per heavy atom. The Hall–Kier alpha value is -1.35. The summed E-state index contributed by atoms with van der Waals surface area (Å²) in [4.78, 5) is 6.83. The molecule has 0 bridgehead atoms. The van der Waals surface area contributed by atoms with Crippen molar-refractivity contribution < 1.29 is 5.11 Å². The Bertz CT molecular complexity index is 536. The Balaban J connectivity index is 1.55. The van der Waals surface area contributed by atoms with Crippen molar-refractivity contribution in [1.29, 1.82) is 0 Å². The van der Waals surface area contributed by atoms with Crippen LogP contribution in [0.4, 0.5) is 0 Å². The first-order chi connectivity index (χ1) is 10.3. The molecule has 3 aliphatic rings. The highest BCUT2D eigenvalue weighted by Crippen LogP contribution is 2.46. The largest absolute Gasteiger partial charge is 0.393 e. The molecule has 3 atom stereocenters. The fraction of sp³-hybridized carbons (Fsp3) is 0.611. The molecule has 1 aliphatic carbocycles. The van der Waals surface area contributed by atoms with E-state index >= 15 is 0 Å². The molecule has 4 rings (SSSR count). The quantitative estimate of drug-likeness (QED) is 0.922. The molecule has 3 heteroatoms. The van der Waals surface area contributed by atoms with Crippen LogP contribution in [0.15, 0.2) is 29.3 Å². The van der Waals surface area contributed by atoms with Gasteiger partial charge in [-0.2, -0.15) is 0 Å². The molecule has 2 heterocycles. The third kappa shape index (κ3) is 2.28. The van der Waals surface area contributed by atoms with Gasteiger partial charge >= 0.3 is 0 Å². The highest BCUT2D eigenvalue weighted by Gasteiger charge is 2.40. The van der Waals surface area contributed by atoms with E-state index < -0.39 is 0 Å². The van der Waals surface area contributed by atoms with Gasteiger partial charge in [0.25, 0.3) is 0 Å². The van der Waals surface area contributed by atoms with Gasteiger partial charge in [0.05, 0.1) is 31.1 Å². The van der Waals surface area contributed by atoms with Gasteiger partial charge in [-0.3, -0.25) is 4.99 Å². The number of hydrogen-bond acceptors (Lipinski definition) is 3. The van der Waals surface area contributed by atoms with E-state index in [-0.39, 0.29) is 6.10 Å². The third-order valence-corrected chi connectivity index (χ3v) is 5.59. The summed E-state index contributed by atoms with van der Waals surface area (Å²) < 4.78 is 0. The summed E-state index contributed by atoms with van der Waals surface area (Å²) in [6, 6.07) is 9.43. The number of fused-ring (bicyclic) bond motifs is 3. The number of aliphatic imine (C=N–C) groups is 1. The predicted molar refractivity (Wildman–Crippen MR) is 84.3 cm³/mol. The van der Waals surface area contributed by atoms with Gasteiger partial charge in [-0.1, -0.05) is 43.5 Å². The lowest BCUT2D eigenvalue weighted by Crippen LogP contribution is -2.30. The first-order valence-electron chi connectivity index (χ1n) is 8.39. The lowest BCUT2D eigenvalue weighted by Gasteiger charge is -2.31. The maximum atomic E-state index is 10.7. The van der Waals surface area contributed by atoms with Crippen molar-refractivity contribution in [3.8, 4) is 0 Å². The minimum absolute atomic E-state index is 0.170. The Morgan fingerprint density at radius 1 is 1.14 bits per heavy atom. The van der Waals surface area contributed by atoms with E-state index in [1.54, 1.807) is 0 Å². The van der Waals surface area contributed by atoms with Crippen LogP contribution < -0.4 is 0 Å². The molecule has 0 radical (unpaired) electrons. The van der Waals surface area contributed by atoms with Gasteiger partial charge < -0.3 is 10.0 Å². The molecule has 1 aromatic rings. The van der Waals surface area contributed by atoms with E-state index in [0.717, 1.165) is 13.0 Å². The summed E-state index contributed by atoms with van der Waals surface area (Å²) in [6.45, 7) is 0.868. The molecule has 0 aromatic heterocycles. The van der Waals surface area contributed by atoms with Gasteiger partial charge in [-0.15, -0.1) is 0 Å². The van der Waals surface area contributed by atoms with Crippen LogP contribution >= 0.6 is 0 Å². The molecule has 1 fully saturated rings. The number of aliphatic hydroxyl groups excluding tert-OH is 1. The molecule has 0 spiro atoms. The second kappa shape index (κ2) is 5.45. The average molecular weight is 284 g/mol. The first kappa shape index (κ1) is 13.3. The second-order valence-corrected chi connectivity index (χ2v) is 6.79. The van der Waals surface area contributed by atoms with Crippen molar-refractivity contribution in [3.63, 3.8) is 0 Å². The summed E-state index contributed by atoms with van der Waals surface area (Å²) >= 11 is 0. The van der Waals surface area contributed by atoms with Gasteiger partial charge in [0.1, 0.15) is 0 Å². The molecule has 1 saturated carbocycles.